The van der Waals surface area contributed by atoms with E-state index in [1.54, 1.807) is 6.20 Å². The number of nitrogens with one attached hydrogen (secondary N) is 1. The van der Waals surface area contributed by atoms with E-state index in [9.17, 15) is 9.18 Å². The number of carbonyl (C=O) groups is 1. The van der Waals surface area contributed by atoms with Crippen LogP contribution in [0.2, 0.25) is 0 Å². The molecule has 1 fully saturated rings. The monoisotopic (exact) mass is 329 g/mol. The first-order valence-corrected chi connectivity index (χ1v) is 7.83. The van der Waals surface area contributed by atoms with Crippen molar-refractivity contribution >= 4 is 17.3 Å². The maximum absolute atomic E-state index is 14.0. The number of halogens is 1. The van der Waals surface area contributed by atoms with Gasteiger partial charge < -0.3 is 15.3 Å². The minimum absolute atomic E-state index is 0.120. The molecular formula is C18H20FN3O2. The summed E-state index contributed by atoms with van der Waals surface area (Å²) < 4.78 is 14.0. The average molecular weight is 329 g/mol. The number of aliphatic carboxylic acids is 1. The van der Waals surface area contributed by atoms with Gasteiger partial charge in [0.25, 0.3) is 0 Å². The van der Waals surface area contributed by atoms with E-state index in [-0.39, 0.29) is 17.7 Å². The van der Waals surface area contributed by atoms with Crippen molar-refractivity contribution in [2.75, 3.05) is 24.3 Å². The number of nitrogens with zero attached hydrogens (tertiary/aromatic N) is 2. The van der Waals surface area contributed by atoms with Crippen molar-refractivity contribution in [1.29, 1.82) is 0 Å². The third-order valence-corrected chi connectivity index (χ3v) is 4.38. The van der Waals surface area contributed by atoms with E-state index in [2.05, 4.69) is 10.3 Å². The second-order valence-electron chi connectivity index (χ2n) is 6.28. The standard InChI is InChI=1S/C18H20FN3O2/c1-22(2)17-10-20-9-16(19)15(17)8-21-12-5-3-11(4-6-12)13-7-14(13)18(23)24/h3-6,9-10,13-14,21H,7-8H2,1-2H3,(H,23,24)/t13-,14+/m0/s1. The molecule has 0 aliphatic heterocycles. The van der Waals surface area contributed by atoms with Crippen LogP contribution in [0.15, 0.2) is 36.7 Å². The van der Waals surface area contributed by atoms with Gasteiger partial charge in [0.1, 0.15) is 5.82 Å². The molecule has 24 heavy (non-hydrogen) atoms. The van der Waals surface area contributed by atoms with Gasteiger partial charge in [0.05, 0.1) is 24.0 Å². The Bertz CT molecular complexity index is 746. The number of hydrogen-bond donors (Lipinski definition) is 2. The van der Waals surface area contributed by atoms with Crippen LogP contribution < -0.4 is 10.2 Å². The van der Waals surface area contributed by atoms with Crippen molar-refractivity contribution in [1.82, 2.24) is 4.98 Å². The molecule has 0 bridgehead atoms. The number of carboxylic acids is 1. The summed E-state index contributed by atoms with van der Waals surface area (Å²) in [4.78, 5) is 16.7. The molecule has 0 saturated heterocycles. The molecule has 0 unspecified atom stereocenters. The van der Waals surface area contributed by atoms with Crippen LogP contribution in [0.1, 0.15) is 23.5 Å². The summed E-state index contributed by atoms with van der Waals surface area (Å²) in [7, 11) is 3.70. The number of pyridine rings is 1. The van der Waals surface area contributed by atoms with E-state index in [0.29, 0.717) is 18.5 Å². The minimum Gasteiger partial charge on any atom is -0.481 e. The maximum Gasteiger partial charge on any atom is 0.307 e. The Hall–Kier alpha value is -2.63. The number of rotatable bonds is 6. The number of aromatic nitrogens is 1. The molecule has 1 aliphatic carbocycles. The molecule has 1 aliphatic rings. The molecule has 2 atom stereocenters. The molecule has 1 saturated carbocycles. The molecule has 1 aromatic carbocycles. The van der Waals surface area contributed by atoms with Gasteiger partial charge in [-0.3, -0.25) is 9.78 Å². The highest BCUT2D eigenvalue weighted by Gasteiger charge is 2.43. The lowest BCUT2D eigenvalue weighted by atomic mass is 10.1. The van der Waals surface area contributed by atoms with Crippen LogP contribution >= 0.6 is 0 Å². The second kappa shape index (κ2) is 6.47. The van der Waals surface area contributed by atoms with Gasteiger partial charge in [-0.1, -0.05) is 12.1 Å². The zero-order chi connectivity index (χ0) is 17.3. The number of carboxylic acid groups (broad SMARTS) is 1. The van der Waals surface area contributed by atoms with Crippen LogP contribution in [0.3, 0.4) is 0 Å². The summed E-state index contributed by atoms with van der Waals surface area (Å²) in [5.41, 5.74) is 3.21. The SMILES string of the molecule is CN(C)c1cncc(F)c1CNc1ccc([C@@H]2C[C@H]2C(=O)O)cc1. The topological polar surface area (TPSA) is 65.5 Å². The maximum atomic E-state index is 14.0. The summed E-state index contributed by atoms with van der Waals surface area (Å²) in [5.74, 6) is -1.20. The third-order valence-electron chi connectivity index (χ3n) is 4.38. The number of hydrogen-bond acceptors (Lipinski definition) is 4. The normalized spacial score (nSPS) is 19.0. The predicted molar refractivity (Wildman–Crippen MR) is 90.8 cm³/mol. The fourth-order valence-electron chi connectivity index (χ4n) is 2.89. The Morgan fingerprint density at radius 1 is 1.33 bits per heavy atom. The Labute approximate surface area is 140 Å². The average Bonchev–Trinajstić information content (AvgIpc) is 3.35. The van der Waals surface area contributed by atoms with Crippen LogP contribution in [-0.4, -0.2) is 30.2 Å². The van der Waals surface area contributed by atoms with Crippen molar-refractivity contribution in [3.8, 4) is 0 Å². The highest BCUT2D eigenvalue weighted by Crippen LogP contribution is 2.47. The molecule has 2 N–H and O–H groups in total. The number of anilines is 2. The Balaban J connectivity index is 1.67. The molecule has 0 spiro atoms. The summed E-state index contributed by atoms with van der Waals surface area (Å²) in [5, 5.41) is 12.2. The first kappa shape index (κ1) is 16.2. The summed E-state index contributed by atoms with van der Waals surface area (Å²) >= 11 is 0. The first-order valence-electron chi connectivity index (χ1n) is 7.83. The molecule has 1 aromatic heterocycles. The van der Waals surface area contributed by atoms with E-state index >= 15 is 0 Å². The van der Waals surface area contributed by atoms with Gasteiger partial charge in [-0.05, 0) is 30.0 Å². The van der Waals surface area contributed by atoms with E-state index in [0.717, 1.165) is 16.9 Å². The van der Waals surface area contributed by atoms with Gasteiger partial charge in [0.2, 0.25) is 0 Å². The van der Waals surface area contributed by atoms with Gasteiger partial charge in [-0.15, -0.1) is 0 Å². The molecule has 2 aromatic rings. The lowest BCUT2D eigenvalue weighted by Crippen LogP contribution is -2.15. The van der Waals surface area contributed by atoms with Gasteiger partial charge in [0, 0.05) is 31.9 Å². The summed E-state index contributed by atoms with van der Waals surface area (Å²) in [6.07, 6.45) is 3.56. The molecule has 3 rings (SSSR count). The van der Waals surface area contributed by atoms with Crippen molar-refractivity contribution in [2.24, 2.45) is 5.92 Å². The van der Waals surface area contributed by atoms with Crippen molar-refractivity contribution in [3.63, 3.8) is 0 Å². The van der Waals surface area contributed by atoms with Gasteiger partial charge in [-0.25, -0.2) is 4.39 Å². The summed E-state index contributed by atoms with van der Waals surface area (Å²) in [6, 6.07) is 7.68. The quantitative estimate of drug-likeness (QED) is 0.852. The molecule has 126 valence electrons. The third kappa shape index (κ3) is 3.32. The van der Waals surface area contributed by atoms with Crippen LogP contribution in [0.5, 0.6) is 0 Å². The van der Waals surface area contributed by atoms with E-state index < -0.39 is 5.97 Å². The Kier molecular flexibility index (Phi) is 4.38. The van der Waals surface area contributed by atoms with Crippen LogP contribution in [0.4, 0.5) is 15.8 Å². The summed E-state index contributed by atoms with van der Waals surface area (Å²) in [6.45, 7) is 0.350. The molecule has 5 nitrogen and oxygen atoms in total. The number of benzene rings is 1. The molecule has 6 heteroatoms. The smallest absolute Gasteiger partial charge is 0.307 e. The van der Waals surface area contributed by atoms with Gasteiger partial charge in [0.15, 0.2) is 0 Å². The van der Waals surface area contributed by atoms with Crippen LogP contribution in [0.25, 0.3) is 0 Å². The largest absolute Gasteiger partial charge is 0.481 e. The lowest BCUT2D eigenvalue weighted by Gasteiger charge is -2.18. The Morgan fingerprint density at radius 3 is 2.62 bits per heavy atom. The molecule has 1 heterocycles. The highest BCUT2D eigenvalue weighted by molar-refractivity contribution is 5.75. The molecule has 0 amide bonds. The zero-order valence-corrected chi connectivity index (χ0v) is 13.7. The van der Waals surface area contributed by atoms with E-state index in [1.165, 1.54) is 6.20 Å². The minimum atomic E-state index is -0.730. The van der Waals surface area contributed by atoms with Gasteiger partial charge in [-0.2, -0.15) is 0 Å². The van der Waals surface area contributed by atoms with Crippen molar-refractivity contribution in [3.05, 3.63) is 53.6 Å². The van der Waals surface area contributed by atoms with Crippen LogP contribution in [-0.2, 0) is 11.3 Å². The zero-order valence-electron chi connectivity index (χ0n) is 13.7. The highest BCUT2D eigenvalue weighted by atomic mass is 19.1. The molecule has 0 radical (unpaired) electrons. The van der Waals surface area contributed by atoms with Crippen LogP contribution in [0, 0.1) is 11.7 Å². The fraction of sp³-hybridized carbons (Fsp3) is 0.333. The Morgan fingerprint density at radius 2 is 2.04 bits per heavy atom. The first-order chi connectivity index (χ1) is 11.5. The van der Waals surface area contributed by atoms with Gasteiger partial charge >= 0.3 is 5.97 Å². The predicted octanol–water partition coefficient (Wildman–Crippen LogP) is 3.09. The lowest BCUT2D eigenvalue weighted by molar-refractivity contribution is -0.138. The van der Waals surface area contributed by atoms with Crippen molar-refractivity contribution in [2.45, 2.75) is 18.9 Å². The van der Waals surface area contributed by atoms with E-state index in [4.69, 9.17) is 5.11 Å². The van der Waals surface area contributed by atoms with Crippen molar-refractivity contribution < 1.29 is 14.3 Å². The second-order valence-corrected chi connectivity index (χ2v) is 6.28. The fourth-order valence-corrected chi connectivity index (χ4v) is 2.89. The van der Waals surface area contributed by atoms with E-state index in [1.807, 2.05) is 43.3 Å². The molecular weight excluding hydrogens is 309 g/mol.